The Labute approximate surface area is 179 Å². The number of rotatable bonds is 1. The Kier molecular flexibility index (Phi) is 3.30. The highest BCUT2D eigenvalue weighted by Crippen LogP contribution is 2.42. The summed E-state index contributed by atoms with van der Waals surface area (Å²) in [6.07, 6.45) is 1.90. The lowest BCUT2D eigenvalue weighted by atomic mass is 9.94. The maximum Gasteiger partial charge on any atom is 0.0786 e. The Balaban J connectivity index is 1.83. The van der Waals surface area contributed by atoms with Crippen LogP contribution >= 0.6 is 0 Å². The van der Waals surface area contributed by atoms with Gasteiger partial charge in [-0.05, 0) is 41.1 Å². The molecule has 0 N–H and O–H groups in total. The fourth-order valence-electron chi connectivity index (χ4n) is 5.17. The van der Waals surface area contributed by atoms with Crippen molar-refractivity contribution >= 4 is 54.3 Å². The molecule has 2 heterocycles. The zero-order valence-corrected chi connectivity index (χ0v) is 16.8. The van der Waals surface area contributed by atoms with E-state index in [4.69, 9.17) is 4.98 Å². The first kappa shape index (κ1) is 16.6. The van der Waals surface area contributed by atoms with Gasteiger partial charge in [-0.15, -0.1) is 0 Å². The monoisotopic (exact) mass is 394 g/mol. The van der Waals surface area contributed by atoms with Crippen LogP contribution in [0, 0.1) is 0 Å². The van der Waals surface area contributed by atoms with Gasteiger partial charge in [-0.3, -0.25) is 4.98 Å². The summed E-state index contributed by atoms with van der Waals surface area (Å²) in [5.41, 5.74) is 4.69. The SMILES string of the molecule is c1ccc(-n2c3ccccc3c3c4c(ccc32)c2ccccc2c2ncccc24)cc1. The average Bonchev–Trinajstić information content (AvgIpc) is 3.19. The van der Waals surface area contributed by atoms with Crippen molar-refractivity contribution in [3.8, 4) is 5.69 Å². The van der Waals surface area contributed by atoms with Gasteiger partial charge in [0.2, 0.25) is 0 Å². The zero-order chi connectivity index (χ0) is 20.4. The van der Waals surface area contributed by atoms with E-state index in [1.807, 2.05) is 12.3 Å². The lowest BCUT2D eigenvalue weighted by Gasteiger charge is -2.12. The number of hydrogen-bond donors (Lipinski definition) is 0. The minimum atomic E-state index is 1.06. The summed E-state index contributed by atoms with van der Waals surface area (Å²) in [5, 5.41) is 8.79. The van der Waals surface area contributed by atoms with Crippen molar-refractivity contribution in [3.05, 3.63) is 109 Å². The van der Waals surface area contributed by atoms with E-state index in [1.165, 1.54) is 54.4 Å². The van der Waals surface area contributed by atoms with Crippen LogP contribution in [0.1, 0.15) is 0 Å². The van der Waals surface area contributed by atoms with Crippen LogP contribution in [0.5, 0.6) is 0 Å². The molecule has 2 heteroatoms. The zero-order valence-electron chi connectivity index (χ0n) is 16.8. The van der Waals surface area contributed by atoms with Crippen LogP contribution in [0.2, 0.25) is 0 Å². The smallest absolute Gasteiger partial charge is 0.0786 e. The van der Waals surface area contributed by atoms with Gasteiger partial charge in [0.15, 0.2) is 0 Å². The highest BCUT2D eigenvalue weighted by atomic mass is 15.0. The minimum Gasteiger partial charge on any atom is -0.309 e. The van der Waals surface area contributed by atoms with Gasteiger partial charge in [0.25, 0.3) is 0 Å². The summed E-state index contributed by atoms with van der Waals surface area (Å²) in [7, 11) is 0. The summed E-state index contributed by atoms with van der Waals surface area (Å²) in [6, 6.07) is 36.8. The van der Waals surface area contributed by atoms with Crippen LogP contribution in [-0.4, -0.2) is 9.55 Å². The van der Waals surface area contributed by atoms with Gasteiger partial charge < -0.3 is 4.57 Å². The Bertz CT molecular complexity index is 1740. The minimum absolute atomic E-state index is 1.06. The molecule has 31 heavy (non-hydrogen) atoms. The number of fused-ring (bicyclic) bond motifs is 10. The molecule has 0 atom stereocenters. The maximum absolute atomic E-state index is 4.80. The molecule has 7 rings (SSSR count). The second-order valence-corrected chi connectivity index (χ2v) is 8.02. The van der Waals surface area contributed by atoms with E-state index in [-0.39, 0.29) is 0 Å². The van der Waals surface area contributed by atoms with Crippen molar-refractivity contribution in [2.24, 2.45) is 0 Å². The first-order valence-corrected chi connectivity index (χ1v) is 10.6. The van der Waals surface area contributed by atoms with Crippen molar-refractivity contribution in [1.29, 1.82) is 0 Å². The molecule has 0 aliphatic heterocycles. The Hall–Kier alpha value is -4.17. The van der Waals surface area contributed by atoms with Crippen LogP contribution in [0.3, 0.4) is 0 Å². The van der Waals surface area contributed by atoms with Crippen LogP contribution in [0.4, 0.5) is 0 Å². The molecule has 0 unspecified atom stereocenters. The molecule has 0 aliphatic carbocycles. The summed E-state index contributed by atoms with van der Waals surface area (Å²) in [6.45, 7) is 0. The molecule has 0 bridgehead atoms. The summed E-state index contributed by atoms with van der Waals surface area (Å²) < 4.78 is 2.38. The fourth-order valence-corrected chi connectivity index (χ4v) is 5.17. The summed E-state index contributed by atoms with van der Waals surface area (Å²) in [4.78, 5) is 4.80. The van der Waals surface area contributed by atoms with Gasteiger partial charge >= 0.3 is 0 Å². The maximum atomic E-state index is 4.80. The Morgan fingerprint density at radius 3 is 2.03 bits per heavy atom. The molecular weight excluding hydrogens is 376 g/mol. The molecule has 0 spiro atoms. The van der Waals surface area contributed by atoms with Crippen molar-refractivity contribution in [3.63, 3.8) is 0 Å². The van der Waals surface area contributed by atoms with Crippen LogP contribution < -0.4 is 0 Å². The van der Waals surface area contributed by atoms with Gasteiger partial charge in [0, 0.05) is 38.8 Å². The molecule has 0 aliphatic rings. The standard InChI is InChI=1S/C29H18N2/c1-2-9-19(10-3-1)31-25-15-7-6-13-23(25)28-26(31)17-16-21-20-11-4-5-12-22(20)29-24(27(21)28)14-8-18-30-29/h1-18H. The van der Waals surface area contributed by atoms with E-state index in [0.717, 1.165) is 5.52 Å². The van der Waals surface area contributed by atoms with E-state index in [0.29, 0.717) is 0 Å². The molecule has 0 amide bonds. The molecule has 2 nitrogen and oxygen atoms in total. The van der Waals surface area contributed by atoms with E-state index >= 15 is 0 Å². The lowest BCUT2D eigenvalue weighted by Crippen LogP contribution is -1.93. The Morgan fingerprint density at radius 2 is 1.16 bits per heavy atom. The third-order valence-electron chi connectivity index (χ3n) is 6.40. The topological polar surface area (TPSA) is 17.8 Å². The number of para-hydroxylation sites is 2. The molecule has 144 valence electrons. The van der Waals surface area contributed by atoms with E-state index in [2.05, 4.69) is 102 Å². The van der Waals surface area contributed by atoms with E-state index in [1.54, 1.807) is 0 Å². The average molecular weight is 394 g/mol. The third kappa shape index (κ3) is 2.19. The van der Waals surface area contributed by atoms with Crippen molar-refractivity contribution in [2.75, 3.05) is 0 Å². The molecule has 0 fully saturated rings. The molecule has 0 saturated heterocycles. The highest BCUT2D eigenvalue weighted by Gasteiger charge is 2.18. The predicted molar refractivity (Wildman–Crippen MR) is 131 cm³/mol. The van der Waals surface area contributed by atoms with Crippen molar-refractivity contribution in [2.45, 2.75) is 0 Å². The number of nitrogens with zero attached hydrogens (tertiary/aromatic N) is 2. The van der Waals surface area contributed by atoms with Crippen molar-refractivity contribution in [1.82, 2.24) is 9.55 Å². The number of aromatic nitrogens is 2. The molecule has 0 radical (unpaired) electrons. The number of benzene rings is 5. The van der Waals surface area contributed by atoms with Crippen LogP contribution in [0.25, 0.3) is 59.9 Å². The summed E-state index contributed by atoms with van der Waals surface area (Å²) >= 11 is 0. The molecule has 5 aromatic carbocycles. The van der Waals surface area contributed by atoms with E-state index in [9.17, 15) is 0 Å². The van der Waals surface area contributed by atoms with Crippen molar-refractivity contribution < 1.29 is 0 Å². The van der Waals surface area contributed by atoms with Gasteiger partial charge in [-0.25, -0.2) is 0 Å². The molecule has 7 aromatic rings. The molecule has 0 saturated carbocycles. The number of pyridine rings is 1. The Morgan fingerprint density at radius 1 is 0.452 bits per heavy atom. The fraction of sp³-hybridized carbons (Fsp3) is 0. The molecular formula is C29H18N2. The van der Waals surface area contributed by atoms with Gasteiger partial charge in [-0.2, -0.15) is 0 Å². The quantitative estimate of drug-likeness (QED) is 0.262. The normalized spacial score (nSPS) is 11.9. The van der Waals surface area contributed by atoms with Crippen LogP contribution in [-0.2, 0) is 0 Å². The third-order valence-corrected chi connectivity index (χ3v) is 6.40. The van der Waals surface area contributed by atoms with Gasteiger partial charge in [0.05, 0.1) is 16.6 Å². The van der Waals surface area contributed by atoms with Crippen LogP contribution in [0.15, 0.2) is 109 Å². The highest BCUT2D eigenvalue weighted by molar-refractivity contribution is 6.34. The predicted octanol–water partition coefficient (Wildman–Crippen LogP) is 7.64. The largest absolute Gasteiger partial charge is 0.309 e. The second-order valence-electron chi connectivity index (χ2n) is 8.02. The summed E-state index contributed by atoms with van der Waals surface area (Å²) in [5.74, 6) is 0. The first-order chi connectivity index (χ1) is 15.4. The molecule has 2 aromatic heterocycles. The lowest BCUT2D eigenvalue weighted by molar-refractivity contribution is 1.18. The first-order valence-electron chi connectivity index (χ1n) is 10.6. The van der Waals surface area contributed by atoms with Gasteiger partial charge in [0.1, 0.15) is 0 Å². The van der Waals surface area contributed by atoms with E-state index < -0.39 is 0 Å². The van der Waals surface area contributed by atoms with Gasteiger partial charge in [-0.1, -0.05) is 72.8 Å². The number of hydrogen-bond acceptors (Lipinski definition) is 1. The second kappa shape index (κ2) is 6.16.